The first-order valence-electron chi connectivity index (χ1n) is 9.95. The van der Waals surface area contributed by atoms with Crippen LogP contribution in [0.1, 0.15) is 34.1 Å². The highest BCUT2D eigenvalue weighted by molar-refractivity contribution is 6.30. The van der Waals surface area contributed by atoms with Crippen LogP contribution in [0.3, 0.4) is 0 Å². The van der Waals surface area contributed by atoms with E-state index in [1.165, 1.54) is 5.57 Å². The van der Waals surface area contributed by atoms with Gasteiger partial charge in [-0.05, 0) is 49.8 Å². The Balaban J connectivity index is 1.58. The normalized spacial score (nSPS) is 23.6. The van der Waals surface area contributed by atoms with Gasteiger partial charge in [-0.25, -0.2) is 4.79 Å². The molecule has 0 unspecified atom stereocenters. The van der Waals surface area contributed by atoms with Crippen LogP contribution in [0.5, 0.6) is 0 Å². The molecule has 0 aromatic heterocycles. The van der Waals surface area contributed by atoms with Crippen LogP contribution in [0.2, 0.25) is 5.02 Å². The van der Waals surface area contributed by atoms with E-state index in [1.807, 2.05) is 11.0 Å². The van der Waals surface area contributed by atoms with Crippen molar-refractivity contribution in [1.29, 1.82) is 0 Å². The zero-order chi connectivity index (χ0) is 20.5. The Labute approximate surface area is 172 Å². The number of rotatable bonds is 3. The quantitative estimate of drug-likeness (QED) is 0.747. The molecule has 0 radical (unpaired) electrons. The number of carbonyl (C=O) groups is 2. The van der Waals surface area contributed by atoms with Gasteiger partial charge in [0.25, 0.3) is 0 Å². The summed E-state index contributed by atoms with van der Waals surface area (Å²) in [4.78, 5) is 29.4. The van der Waals surface area contributed by atoms with Gasteiger partial charge in [0.15, 0.2) is 0 Å². The number of anilines is 1. The first-order valence-corrected chi connectivity index (χ1v) is 10.3. The second-order valence-electron chi connectivity index (χ2n) is 8.68. The van der Waals surface area contributed by atoms with Crippen molar-refractivity contribution in [3.8, 4) is 0 Å². The Morgan fingerprint density at radius 1 is 1.14 bits per heavy atom. The summed E-state index contributed by atoms with van der Waals surface area (Å²) in [5, 5.41) is 3.48. The molecule has 1 aliphatic carbocycles. The first kappa shape index (κ1) is 20.7. The number of amides is 3. The third kappa shape index (κ3) is 4.52. The summed E-state index contributed by atoms with van der Waals surface area (Å²) in [7, 11) is 0. The average molecular weight is 404 g/mol. The number of nitrogens with zero attached hydrogens (tertiary/aromatic N) is 2. The molecule has 1 aromatic rings. The summed E-state index contributed by atoms with van der Waals surface area (Å²) in [6.07, 6.45) is 3.01. The van der Waals surface area contributed by atoms with Gasteiger partial charge in [-0.2, -0.15) is 0 Å². The van der Waals surface area contributed by atoms with E-state index in [4.69, 9.17) is 11.6 Å². The highest BCUT2D eigenvalue weighted by atomic mass is 35.5. The van der Waals surface area contributed by atoms with Gasteiger partial charge in [-0.15, -0.1) is 0 Å². The predicted molar refractivity (Wildman–Crippen MR) is 113 cm³/mol. The summed E-state index contributed by atoms with van der Waals surface area (Å²) >= 11 is 5.98. The van der Waals surface area contributed by atoms with Gasteiger partial charge in [0.2, 0.25) is 5.91 Å². The van der Waals surface area contributed by atoms with Gasteiger partial charge in [0, 0.05) is 36.9 Å². The van der Waals surface area contributed by atoms with E-state index in [9.17, 15) is 9.59 Å². The van der Waals surface area contributed by atoms with E-state index >= 15 is 0 Å². The third-order valence-corrected chi connectivity index (χ3v) is 6.10. The molecule has 28 heavy (non-hydrogen) atoms. The lowest BCUT2D eigenvalue weighted by atomic mass is 10.1. The Kier molecular flexibility index (Phi) is 6.04. The number of benzene rings is 1. The maximum atomic E-state index is 13.1. The lowest BCUT2D eigenvalue weighted by Gasteiger charge is -2.23. The fourth-order valence-corrected chi connectivity index (χ4v) is 4.32. The van der Waals surface area contributed by atoms with Crippen molar-refractivity contribution in [2.45, 2.75) is 34.1 Å². The largest absolute Gasteiger partial charge is 0.341 e. The molecule has 0 spiro atoms. The standard InChI is InChI=1S/C22H30ClN3O2/c1-15(2)13-18-19(22(18,3)4)20(27)25-9-6-10-26(12-11-25)21(28)24-17-8-5-7-16(23)14-17/h5,7-8,13-14,18-19H,6,9-12H2,1-4H3,(H,24,28)/t18-,19+/m1/s1. The van der Waals surface area contributed by atoms with Crippen LogP contribution in [0.15, 0.2) is 35.9 Å². The minimum Gasteiger partial charge on any atom is -0.341 e. The number of halogens is 1. The fraction of sp³-hybridized carbons (Fsp3) is 0.545. The van der Waals surface area contributed by atoms with Crippen molar-refractivity contribution in [3.63, 3.8) is 0 Å². The lowest BCUT2D eigenvalue weighted by molar-refractivity contribution is -0.133. The smallest absolute Gasteiger partial charge is 0.321 e. The van der Waals surface area contributed by atoms with E-state index in [0.29, 0.717) is 42.8 Å². The molecule has 1 aliphatic heterocycles. The van der Waals surface area contributed by atoms with Crippen molar-refractivity contribution in [2.24, 2.45) is 17.3 Å². The second kappa shape index (κ2) is 8.16. The second-order valence-corrected chi connectivity index (χ2v) is 9.11. The van der Waals surface area contributed by atoms with Crippen LogP contribution >= 0.6 is 11.6 Å². The summed E-state index contributed by atoms with van der Waals surface area (Å²) < 4.78 is 0. The summed E-state index contributed by atoms with van der Waals surface area (Å²) in [6.45, 7) is 11.0. The van der Waals surface area contributed by atoms with Gasteiger partial charge >= 0.3 is 6.03 Å². The van der Waals surface area contributed by atoms with Gasteiger partial charge in [0.05, 0.1) is 5.92 Å². The van der Waals surface area contributed by atoms with Crippen LogP contribution in [-0.2, 0) is 4.79 Å². The molecular formula is C22H30ClN3O2. The highest BCUT2D eigenvalue weighted by Gasteiger charge is 2.61. The van der Waals surface area contributed by atoms with Crippen molar-refractivity contribution in [2.75, 3.05) is 31.5 Å². The Morgan fingerprint density at radius 3 is 2.50 bits per heavy atom. The van der Waals surface area contributed by atoms with Crippen molar-refractivity contribution in [1.82, 2.24) is 9.80 Å². The monoisotopic (exact) mass is 403 g/mol. The fourth-order valence-electron chi connectivity index (χ4n) is 4.13. The molecule has 0 bridgehead atoms. The van der Waals surface area contributed by atoms with Crippen molar-refractivity contribution >= 4 is 29.2 Å². The first-order chi connectivity index (χ1) is 13.2. The van der Waals surface area contributed by atoms with Gasteiger partial charge in [0.1, 0.15) is 0 Å². The molecule has 6 heteroatoms. The molecule has 152 valence electrons. The third-order valence-electron chi connectivity index (χ3n) is 5.86. The number of allylic oxidation sites excluding steroid dienone is 2. The van der Waals surface area contributed by atoms with Gasteiger partial charge < -0.3 is 15.1 Å². The lowest BCUT2D eigenvalue weighted by Crippen LogP contribution is -2.40. The summed E-state index contributed by atoms with van der Waals surface area (Å²) in [5.74, 6) is 0.592. The summed E-state index contributed by atoms with van der Waals surface area (Å²) in [5.41, 5.74) is 1.96. The highest BCUT2D eigenvalue weighted by Crippen LogP contribution is 2.60. The average Bonchev–Trinajstić information content (AvgIpc) is 3.23. The predicted octanol–water partition coefficient (Wildman–Crippen LogP) is 4.64. The van der Waals surface area contributed by atoms with E-state index < -0.39 is 0 Å². The number of carbonyl (C=O) groups excluding carboxylic acids is 2. The molecule has 2 fully saturated rings. The van der Waals surface area contributed by atoms with Crippen LogP contribution in [0.4, 0.5) is 10.5 Å². The molecule has 2 aliphatic rings. The van der Waals surface area contributed by atoms with Crippen LogP contribution < -0.4 is 5.32 Å². The number of hydrogen-bond acceptors (Lipinski definition) is 2. The molecule has 3 rings (SSSR count). The molecule has 1 heterocycles. The maximum Gasteiger partial charge on any atom is 0.321 e. The Hall–Kier alpha value is -2.01. The zero-order valence-electron chi connectivity index (χ0n) is 17.2. The van der Waals surface area contributed by atoms with Crippen molar-refractivity contribution in [3.05, 3.63) is 40.9 Å². The number of hydrogen-bond donors (Lipinski definition) is 1. The molecule has 1 N–H and O–H groups in total. The molecule has 1 saturated carbocycles. The Bertz CT molecular complexity index is 786. The SMILES string of the molecule is CC(C)=C[C@@H]1[C@@H](C(=O)N2CCCN(C(=O)Nc3cccc(Cl)c3)CC2)C1(C)C. The van der Waals surface area contributed by atoms with E-state index in [-0.39, 0.29) is 23.3 Å². The van der Waals surface area contributed by atoms with Crippen LogP contribution in [-0.4, -0.2) is 47.9 Å². The zero-order valence-corrected chi connectivity index (χ0v) is 17.9. The molecular weight excluding hydrogens is 374 g/mol. The number of nitrogens with one attached hydrogen (secondary N) is 1. The molecule has 3 amide bonds. The number of urea groups is 1. The van der Waals surface area contributed by atoms with E-state index in [0.717, 1.165) is 6.42 Å². The molecule has 5 nitrogen and oxygen atoms in total. The van der Waals surface area contributed by atoms with Crippen LogP contribution in [0, 0.1) is 17.3 Å². The van der Waals surface area contributed by atoms with Gasteiger partial charge in [-0.3, -0.25) is 4.79 Å². The Morgan fingerprint density at radius 2 is 1.82 bits per heavy atom. The summed E-state index contributed by atoms with van der Waals surface area (Å²) in [6, 6.07) is 6.97. The van der Waals surface area contributed by atoms with Crippen LogP contribution in [0.25, 0.3) is 0 Å². The maximum absolute atomic E-state index is 13.1. The molecule has 1 saturated heterocycles. The molecule has 2 atom stereocenters. The van der Waals surface area contributed by atoms with E-state index in [2.05, 4.69) is 39.1 Å². The van der Waals surface area contributed by atoms with E-state index in [1.54, 1.807) is 23.1 Å². The molecule has 1 aromatic carbocycles. The van der Waals surface area contributed by atoms with Gasteiger partial charge in [-0.1, -0.05) is 43.2 Å². The van der Waals surface area contributed by atoms with Crippen molar-refractivity contribution < 1.29 is 9.59 Å². The minimum atomic E-state index is -0.147. The minimum absolute atomic E-state index is 0.0182. The topological polar surface area (TPSA) is 52.7 Å².